The fourth-order valence-corrected chi connectivity index (χ4v) is 9.65. The van der Waals surface area contributed by atoms with Crippen LogP contribution in [0.2, 0.25) is 0 Å². The van der Waals surface area contributed by atoms with E-state index in [-0.39, 0.29) is 65.3 Å². The number of carbonyl (C=O) groups excluding carboxylic acids is 4. The normalized spacial score (nSPS) is 42.8. The Bertz CT molecular complexity index is 949. The van der Waals surface area contributed by atoms with E-state index < -0.39 is 17.6 Å². The quantitative estimate of drug-likeness (QED) is 0.421. The Labute approximate surface area is 228 Å². The van der Waals surface area contributed by atoms with E-state index in [2.05, 4.69) is 33.0 Å². The number of nitrogens with one attached hydrogen (secondary N) is 1. The molecule has 1 N–H and O–H groups in total. The van der Waals surface area contributed by atoms with Gasteiger partial charge < -0.3 is 19.6 Å². The maximum atomic E-state index is 14.7. The zero-order valence-electron chi connectivity index (χ0n) is 24.5. The molecule has 4 aliphatic carbocycles. The maximum absolute atomic E-state index is 14.7. The third-order valence-electron chi connectivity index (χ3n) is 11.4. The van der Waals surface area contributed by atoms with Crippen LogP contribution in [0.15, 0.2) is 0 Å². The molecule has 11 atom stereocenters. The van der Waals surface area contributed by atoms with Crippen molar-refractivity contribution in [2.24, 2.45) is 52.3 Å². The van der Waals surface area contributed by atoms with Crippen LogP contribution < -0.4 is 5.32 Å². The Morgan fingerprint density at radius 1 is 1.11 bits per heavy atom. The molecule has 214 valence electrons. The van der Waals surface area contributed by atoms with Crippen LogP contribution in [0.4, 0.5) is 4.79 Å². The van der Waals surface area contributed by atoms with Gasteiger partial charge in [-0.2, -0.15) is 0 Å². The van der Waals surface area contributed by atoms with Gasteiger partial charge in [-0.1, -0.05) is 34.1 Å². The van der Waals surface area contributed by atoms with Crippen molar-refractivity contribution in [3.63, 3.8) is 0 Å². The molecule has 0 saturated heterocycles. The van der Waals surface area contributed by atoms with Crippen LogP contribution in [-0.4, -0.2) is 42.4 Å². The number of hydrogen-bond acceptors (Lipinski definition) is 6. The highest BCUT2D eigenvalue weighted by Crippen LogP contribution is 2.68. The predicted octanol–water partition coefficient (Wildman–Crippen LogP) is 5.73. The van der Waals surface area contributed by atoms with E-state index in [4.69, 9.17) is 9.47 Å². The standard InChI is InChI=1S/C31H49NO6/c1-8-37-29(36)32-27-26-25(24(38-20(5)34)16-21-15-17(2)13-14-30(21,26)6)23-12-11-22(31(23,7)28(27)35)18(3)9-10-19(4)33/h17-18,21-27H,8-16H2,1-7H3,(H,32,36)/t17-,18-,21+,22?,23?,24?,25?,26?,27?,30+,31-/m1/s1. The topological polar surface area (TPSA) is 98.8 Å². The summed E-state index contributed by atoms with van der Waals surface area (Å²) in [6.45, 7) is 14.0. The lowest BCUT2D eigenvalue weighted by atomic mass is 9.41. The van der Waals surface area contributed by atoms with Crippen molar-refractivity contribution in [3.05, 3.63) is 0 Å². The van der Waals surface area contributed by atoms with Crippen LogP contribution in [0, 0.1) is 52.3 Å². The zero-order chi connectivity index (χ0) is 28.0. The van der Waals surface area contributed by atoms with Gasteiger partial charge >= 0.3 is 12.1 Å². The average molecular weight is 532 g/mol. The molecule has 38 heavy (non-hydrogen) atoms. The van der Waals surface area contributed by atoms with Crippen molar-refractivity contribution in [1.82, 2.24) is 5.32 Å². The van der Waals surface area contributed by atoms with E-state index in [1.54, 1.807) is 13.8 Å². The fraction of sp³-hybridized carbons (Fsp3) is 0.871. The number of esters is 1. The number of carbonyl (C=O) groups is 4. The molecule has 0 spiro atoms. The van der Waals surface area contributed by atoms with Crippen LogP contribution >= 0.6 is 0 Å². The Kier molecular flexibility index (Phi) is 8.36. The van der Waals surface area contributed by atoms with Crippen LogP contribution in [0.3, 0.4) is 0 Å². The first-order valence-electron chi connectivity index (χ1n) is 15.0. The zero-order valence-corrected chi connectivity index (χ0v) is 24.5. The van der Waals surface area contributed by atoms with Crippen molar-refractivity contribution in [2.75, 3.05) is 6.61 Å². The molecule has 0 bridgehead atoms. The molecule has 0 aromatic carbocycles. The van der Waals surface area contributed by atoms with Gasteiger partial charge in [-0.05, 0) is 93.3 Å². The summed E-state index contributed by atoms with van der Waals surface area (Å²) in [5.41, 5.74) is -0.793. The molecule has 4 rings (SSSR count). The molecular weight excluding hydrogens is 482 g/mol. The summed E-state index contributed by atoms with van der Waals surface area (Å²) in [7, 11) is 0. The third kappa shape index (κ3) is 4.92. The third-order valence-corrected chi connectivity index (χ3v) is 11.4. The molecule has 0 heterocycles. The molecular formula is C31H49NO6. The second kappa shape index (κ2) is 10.9. The lowest BCUT2D eigenvalue weighted by molar-refractivity contribution is -0.198. The number of ether oxygens (including phenoxy) is 2. The number of alkyl carbamates (subject to hydrolysis) is 1. The van der Waals surface area contributed by atoms with E-state index in [9.17, 15) is 19.2 Å². The number of ketones is 2. The molecule has 0 aromatic heterocycles. The molecule has 4 aliphatic rings. The van der Waals surface area contributed by atoms with Gasteiger partial charge in [-0.3, -0.25) is 9.59 Å². The summed E-state index contributed by atoms with van der Waals surface area (Å²) in [6.07, 6.45) is 6.22. The minimum absolute atomic E-state index is 0.00631. The second-order valence-electron chi connectivity index (χ2n) is 13.6. The fourth-order valence-electron chi connectivity index (χ4n) is 9.65. The van der Waals surface area contributed by atoms with Gasteiger partial charge in [0.1, 0.15) is 11.9 Å². The first-order chi connectivity index (χ1) is 17.8. The Morgan fingerprint density at radius 3 is 2.45 bits per heavy atom. The van der Waals surface area contributed by atoms with Crippen LogP contribution in [0.1, 0.15) is 99.8 Å². The van der Waals surface area contributed by atoms with Crippen LogP contribution in [0.5, 0.6) is 0 Å². The highest BCUT2D eigenvalue weighted by molar-refractivity contribution is 5.94. The summed E-state index contributed by atoms with van der Waals surface area (Å²) in [5, 5.41) is 3.05. The van der Waals surface area contributed by atoms with Crippen molar-refractivity contribution < 1.29 is 28.7 Å². The highest BCUT2D eigenvalue weighted by Gasteiger charge is 2.70. The summed E-state index contributed by atoms with van der Waals surface area (Å²) in [4.78, 5) is 51.8. The van der Waals surface area contributed by atoms with Gasteiger partial charge in [0, 0.05) is 24.7 Å². The van der Waals surface area contributed by atoms with Gasteiger partial charge in [-0.25, -0.2) is 4.79 Å². The molecule has 7 nitrogen and oxygen atoms in total. The SMILES string of the molecule is CCOC(=O)NC1C(=O)[C@@]2(C)C(CCC2[C@H](C)CCC(C)=O)C2C(OC(C)=O)C[C@@H]3C[C@H](C)CC[C@]3(C)C12. The molecule has 6 unspecified atom stereocenters. The second-order valence-corrected chi connectivity index (χ2v) is 13.6. The average Bonchev–Trinajstić information content (AvgIpc) is 3.19. The Morgan fingerprint density at radius 2 is 1.82 bits per heavy atom. The number of hydrogen-bond donors (Lipinski definition) is 1. The number of Topliss-reactive ketones (excluding diaryl/α,β-unsaturated/α-hetero) is 2. The van der Waals surface area contributed by atoms with E-state index in [0.29, 0.717) is 18.3 Å². The molecule has 0 aliphatic heterocycles. The molecule has 4 fully saturated rings. The van der Waals surface area contributed by atoms with Gasteiger partial charge in [-0.15, -0.1) is 0 Å². The summed E-state index contributed by atoms with van der Waals surface area (Å²) >= 11 is 0. The molecule has 7 heteroatoms. The summed E-state index contributed by atoms with van der Waals surface area (Å²) < 4.78 is 11.4. The first-order valence-corrected chi connectivity index (χ1v) is 15.0. The molecule has 4 saturated carbocycles. The summed E-state index contributed by atoms with van der Waals surface area (Å²) in [6, 6.07) is -0.680. The van der Waals surface area contributed by atoms with Crippen LogP contribution in [0.25, 0.3) is 0 Å². The van der Waals surface area contributed by atoms with Gasteiger partial charge in [0.15, 0.2) is 5.78 Å². The minimum Gasteiger partial charge on any atom is -0.462 e. The van der Waals surface area contributed by atoms with E-state index in [0.717, 1.165) is 44.9 Å². The lowest BCUT2D eigenvalue weighted by Gasteiger charge is -2.64. The molecule has 0 radical (unpaired) electrons. The van der Waals surface area contributed by atoms with E-state index >= 15 is 0 Å². The van der Waals surface area contributed by atoms with Gasteiger partial charge in [0.05, 0.1) is 12.6 Å². The lowest BCUT2D eigenvalue weighted by Crippen LogP contribution is -2.70. The van der Waals surface area contributed by atoms with Crippen molar-refractivity contribution in [2.45, 2.75) is 112 Å². The maximum Gasteiger partial charge on any atom is 0.407 e. The summed E-state index contributed by atoms with van der Waals surface area (Å²) in [5.74, 6) is 1.18. The van der Waals surface area contributed by atoms with E-state index in [1.807, 2.05) is 0 Å². The van der Waals surface area contributed by atoms with Gasteiger partial charge in [0.25, 0.3) is 0 Å². The number of fused-ring (bicyclic) bond motifs is 5. The molecule has 1 amide bonds. The monoisotopic (exact) mass is 531 g/mol. The Hall–Kier alpha value is -1.92. The number of amides is 1. The molecule has 0 aromatic rings. The Balaban J connectivity index is 1.81. The smallest absolute Gasteiger partial charge is 0.407 e. The van der Waals surface area contributed by atoms with Crippen molar-refractivity contribution in [3.8, 4) is 0 Å². The van der Waals surface area contributed by atoms with Gasteiger partial charge in [0.2, 0.25) is 0 Å². The van der Waals surface area contributed by atoms with E-state index in [1.165, 1.54) is 6.92 Å². The van der Waals surface area contributed by atoms with Crippen LogP contribution in [-0.2, 0) is 23.9 Å². The first kappa shape index (κ1) is 29.1. The van der Waals surface area contributed by atoms with Crippen molar-refractivity contribution in [1.29, 1.82) is 0 Å². The highest BCUT2D eigenvalue weighted by atomic mass is 16.5. The number of rotatable bonds is 7. The minimum atomic E-state index is -0.680. The predicted molar refractivity (Wildman–Crippen MR) is 144 cm³/mol. The largest absolute Gasteiger partial charge is 0.462 e. The van der Waals surface area contributed by atoms with Crippen molar-refractivity contribution >= 4 is 23.6 Å².